The van der Waals surface area contributed by atoms with Crippen LogP contribution >= 0.6 is 0 Å². The predicted octanol–water partition coefficient (Wildman–Crippen LogP) is 0.344. The molecule has 3 atom stereocenters. The molecule has 2 N–H and O–H groups in total. The first-order valence-corrected chi connectivity index (χ1v) is 8.12. The molecule has 0 fully saturated rings. The second-order valence-electron chi connectivity index (χ2n) is 2.86. The summed E-state index contributed by atoms with van der Waals surface area (Å²) in [6.45, 7) is 3.06. The van der Waals surface area contributed by atoms with Gasteiger partial charge in [0, 0.05) is 16.9 Å². The summed E-state index contributed by atoms with van der Waals surface area (Å²) in [6, 6.07) is 0. The number of aliphatic carboxylic acids is 1. The molecule has 16 heavy (non-hydrogen) atoms. The second kappa shape index (κ2) is 8.99. The van der Waals surface area contributed by atoms with Crippen LogP contribution in [0.2, 0.25) is 0 Å². The van der Waals surface area contributed by atoms with E-state index in [1.807, 2.05) is 6.92 Å². The molecule has 0 rings (SSSR count). The van der Waals surface area contributed by atoms with E-state index in [9.17, 15) is 17.8 Å². The van der Waals surface area contributed by atoms with Gasteiger partial charge in [-0.3, -0.25) is 9.00 Å². The summed E-state index contributed by atoms with van der Waals surface area (Å²) in [7, 11) is -3.57. The lowest BCUT2D eigenvalue weighted by Crippen LogP contribution is -2.24. The van der Waals surface area contributed by atoms with Crippen LogP contribution in [0.15, 0.2) is 0 Å². The molecule has 0 spiro atoms. The standard InChI is InChI=1S/C4H10O2S.C3H6O4S2/c1-2-3-4-7(5)6;1-2(3(4)5)9(6,7)8/h2-4H2,1H3,(H,5,6);2H,1H3,(H,4,5)(H,6,7,8)/p-1. The zero-order valence-corrected chi connectivity index (χ0v) is 11.4. The molecule has 98 valence electrons. The van der Waals surface area contributed by atoms with E-state index in [0.29, 0.717) is 5.75 Å². The van der Waals surface area contributed by atoms with Crippen molar-refractivity contribution in [3.63, 3.8) is 0 Å². The van der Waals surface area contributed by atoms with E-state index in [0.717, 1.165) is 19.8 Å². The summed E-state index contributed by atoms with van der Waals surface area (Å²) in [5.74, 6) is -1.03. The molecular formula is C7H15O6S3-. The molecule has 0 radical (unpaired) electrons. The van der Waals surface area contributed by atoms with Crippen LogP contribution in [0.25, 0.3) is 0 Å². The maximum atomic E-state index is 10.3. The minimum absolute atomic E-state index is 0.316. The average molecular weight is 291 g/mol. The number of hydrogen-bond acceptors (Lipinski definition) is 5. The fourth-order valence-corrected chi connectivity index (χ4v) is 1.42. The van der Waals surface area contributed by atoms with E-state index in [1.54, 1.807) is 0 Å². The van der Waals surface area contributed by atoms with Gasteiger partial charge >= 0.3 is 5.97 Å². The normalized spacial score (nSPS) is 17.5. The molecule has 0 bridgehead atoms. The number of hydrogen-bond donors (Lipinski definition) is 2. The first-order valence-electron chi connectivity index (χ1n) is 4.37. The van der Waals surface area contributed by atoms with Gasteiger partial charge in [0.1, 0.15) is 0 Å². The summed E-state index contributed by atoms with van der Waals surface area (Å²) in [4.78, 5) is 9.94. The number of rotatable bonds is 5. The molecule has 3 unspecified atom stereocenters. The van der Waals surface area contributed by atoms with Crippen LogP contribution < -0.4 is 0 Å². The van der Waals surface area contributed by atoms with Crippen LogP contribution in [0, 0.1) is 0 Å². The lowest BCUT2D eigenvalue weighted by atomic mass is 10.4. The number of carboxylic acid groups (broad SMARTS) is 1. The van der Waals surface area contributed by atoms with Gasteiger partial charge in [-0.05, 0) is 13.3 Å². The highest BCUT2D eigenvalue weighted by atomic mass is 32.8. The molecule has 6 nitrogen and oxygen atoms in total. The van der Waals surface area contributed by atoms with E-state index in [-0.39, 0.29) is 0 Å². The van der Waals surface area contributed by atoms with E-state index < -0.39 is 31.1 Å². The van der Waals surface area contributed by atoms with Crippen molar-refractivity contribution in [2.75, 3.05) is 5.75 Å². The largest absolute Gasteiger partial charge is 0.772 e. The van der Waals surface area contributed by atoms with Crippen LogP contribution in [0.1, 0.15) is 26.7 Å². The van der Waals surface area contributed by atoms with Crippen molar-refractivity contribution in [1.82, 2.24) is 0 Å². The average Bonchev–Trinajstić information content (AvgIpc) is 2.12. The Morgan fingerprint density at radius 1 is 1.62 bits per heavy atom. The summed E-state index contributed by atoms with van der Waals surface area (Å²) in [5.41, 5.74) is 0. The predicted molar refractivity (Wildman–Crippen MR) is 63.9 cm³/mol. The number of carboxylic acids is 1. The Morgan fingerprint density at radius 3 is 2.12 bits per heavy atom. The minimum atomic E-state index is -3.57. The Bertz CT molecular complexity index is 323. The Kier molecular flexibility index (Phi) is 10.3. The Labute approximate surface area is 102 Å². The topological polar surface area (TPSA) is 115 Å². The van der Waals surface area contributed by atoms with Crippen LogP contribution in [-0.2, 0) is 35.8 Å². The van der Waals surface area contributed by atoms with Crippen molar-refractivity contribution >= 4 is 37.0 Å². The third-order valence-electron chi connectivity index (χ3n) is 1.46. The van der Waals surface area contributed by atoms with Crippen molar-refractivity contribution < 1.29 is 27.4 Å². The summed E-state index contributed by atoms with van der Waals surface area (Å²) >= 11 is 2.17. The van der Waals surface area contributed by atoms with Crippen LogP contribution in [0.3, 0.4) is 0 Å². The number of carbonyl (C=O) groups is 1. The van der Waals surface area contributed by atoms with Gasteiger partial charge in [0.2, 0.25) is 0 Å². The van der Waals surface area contributed by atoms with Gasteiger partial charge in [0.05, 0.1) is 0 Å². The Balaban J connectivity index is 0. The van der Waals surface area contributed by atoms with Crippen molar-refractivity contribution in [3.05, 3.63) is 0 Å². The van der Waals surface area contributed by atoms with Crippen LogP contribution in [0.4, 0.5) is 0 Å². The van der Waals surface area contributed by atoms with Gasteiger partial charge in [-0.2, -0.15) is 0 Å². The van der Waals surface area contributed by atoms with Gasteiger partial charge in [0.15, 0.2) is 14.0 Å². The first-order chi connectivity index (χ1) is 7.12. The van der Waals surface area contributed by atoms with Crippen molar-refractivity contribution in [3.8, 4) is 0 Å². The van der Waals surface area contributed by atoms with E-state index in [4.69, 9.17) is 9.66 Å². The molecule has 0 saturated heterocycles. The Hall–Kier alpha value is -0.0900. The van der Waals surface area contributed by atoms with E-state index >= 15 is 0 Å². The lowest BCUT2D eigenvalue weighted by Gasteiger charge is -2.01. The Morgan fingerprint density at radius 2 is 2.06 bits per heavy atom. The maximum absolute atomic E-state index is 10.3. The van der Waals surface area contributed by atoms with Crippen LogP contribution in [-0.4, -0.2) is 39.6 Å². The number of unbranched alkanes of at least 4 members (excludes halogenated alkanes) is 1. The van der Waals surface area contributed by atoms with Crippen molar-refractivity contribution in [1.29, 1.82) is 0 Å². The minimum Gasteiger partial charge on any atom is -0.772 e. The molecule has 0 aliphatic rings. The lowest BCUT2D eigenvalue weighted by molar-refractivity contribution is -0.136. The van der Waals surface area contributed by atoms with Gasteiger partial charge in [-0.15, -0.1) is 0 Å². The fraction of sp³-hybridized carbons (Fsp3) is 0.857. The quantitative estimate of drug-likeness (QED) is 0.702. The zero-order valence-electron chi connectivity index (χ0n) is 8.95. The van der Waals surface area contributed by atoms with Gasteiger partial charge < -0.3 is 14.2 Å². The summed E-state index contributed by atoms with van der Waals surface area (Å²) in [6.07, 6.45) is 1.74. The van der Waals surface area contributed by atoms with Gasteiger partial charge in [-0.1, -0.05) is 24.4 Å². The molecule has 0 aliphatic heterocycles. The summed E-state index contributed by atoms with van der Waals surface area (Å²) < 4.78 is 38.3. The van der Waals surface area contributed by atoms with Gasteiger partial charge in [-0.25, -0.2) is 4.21 Å². The third kappa shape index (κ3) is 12.0. The highest BCUT2D eigenvalue weighted by Gasteiger charge is 2.20. The molecule has 0 aromatic carbocycles. The van der Waals surface area contributed by atoms with Gasteiger partial charge in [0.25, 0.3) is 0 Å². The summed E-state index contributed by atoms with van der Waals surface area (Å²) in [5, 5.41) is 6.74. The highest BCUT2D eigenvalue weighted by molar-refractivity contribution is 8.30. The second-order valence-corrected chi connectivity index (χ2v) is 7.04. The molecule has 0 aromatic rings. The van der Waals surface area contributed by atoms with E-state index in [1.165, 1.54) is 0 Å². The van der Waals surface area contributed by atoms with Crippen molar-refractivity contribution in [2.24, 2.45) is 0 Å². The molecular weight excluding hydrogens is 276 g/mol. The fourth-order valence-electron chi connectivity index (χ4n) is 0.390. The molecule has 0 aliphatic carbocycles. The van der Waals surface area contributed by atoms with Crippen molar-refractivity contribution in [2.45, 2.75) is 31.9 Å². The maximum Gasteiger partial charge on any atom is 0.321 e. The third-order valence-corrected chi connectivity index (χ3v) is 4.04. The zero-order chi connectivity index (χ0) is 13.4. The van der Waals surface area contributed by atoms with E-state index in [2.05, 4.69) is 11.2 Å². The smallest absolute Gasteiger partial charge is 0.321 e. The molecule has 0 heterocycles. The first kappa shape index (κ1) is 18.3. The molecule has 0 amide bonds. The SMILES string of the molecule is CC(C(=O)O)S(=O)(O)=S.CCCCS(=O)[O-]. The monoisotopic (exact) mass is 291 g/mol. The highest BCUT2D eigenvalue weighted by Crippen LogP contribution is 1.96. The molecule has 9 heteroatoms. The molecule has 0 saturated carbocycles. The molecule has 0 aromatic heterocycles. The van der Waals surface area contributed by atoms with Crippen LogP contribution in [0.5, 0.6) is 0 Å².